The number of aromatic amines is 1. The van der Waals surface area contributed by atoms with E-state index < -0.39 is 0 Å². The first-order chi connectivity index (χ1) is 13.0. The minimum absolute atomic E-state index is 0.183. The fourth-order valence-electron chi connectivity index (χ4n) is 2.88. The molecule has 3 rings (SSSR count). The monoisotopic (exact) mass is 390 g/mol. The van der Waals surface area contributed by atoms with Gasteiger partial charge >= 0.3 is 6.03 Å². The summed E-state index contributed by atoms with van der Waals surface area (Å²) in [7, 11) is 5.19. The molecule has 0 aliphatic carbocycles. The van der Waals surface area contributed by atoms with E-state index in [4.69, 9.17) is 16.3 Å². The third-order valence-electron chi connectivity index (χ3n) is 4.37. The third kappa shape index (κ3) is 4.58. The molecule has 2 N–H and O–H groups in total. The zero-order chi connectivity index (χ0) is 19.4. The molecule has 2 aromatic heterocycles. The van der Waals surface area contributed by atoms with Crippen molar-refractivity contribution in [3.05, 3.63) is 47.0 Å². The molecule has 8 nitrogen and oxygen atoms in total. The number of fused-ring (bicyclic) bond motifs is 1. The molecule has 9 heteroatoms. The zero-order valence-corrected chi connectivity index (χ0v) is 16.3. The zero-order valence-electron chi connectivity index (χ0n) is 15.6. The number of imidazole rings is 1. The van der Waals surface area contributed by atoms with Crippen LogP contribution in [-0.2, 0) is 18.2 Å². The number of aryl methyl sites for hydroxylation is 1. The first-order valence-corrected chi connectivity index (χ1v) is 8.98. The highest BCUT2D eigenvalue weighted by atomic mass is 35.5. The number of benzene rings is 1. The summed E-state index contributed by atoms with van der Waals surface area (Å²) >= 11 is 6.00. The van der Waals surface area contributed by atoms with Gasteiger partial charge in [0.1, 0.15) is 5.82 Å². The van der Waals surface area contributed by atoms with Gasteiger partial charge < -0.3 is 19.9 Å². The van der Waals surface area contributed by atoms with Crippen molar-refractivity contribution in [3.8, 4) is 0 Å². The molecule has 0 radical (unpaired) electrons. The fraction of sp³-hybridized carbons (Fsp3) is 0.389. The Morgan fingerprint density at radius 2 is 2.26 bits per heavy atom. The molecule has 0 saturated heterocycles. The standard InChI is InChI=1S/C18H23ClN6O2/c1-24(9-7-17-21-13-5-4-12(19)10-14(13)22-17)18(26)23-15(11-27-3)16-6-8-20-25(16)2/h4-6,8,10,15H,7,9,11H2,1-3H3,(H,21,22)(H,23,26). The number of hydrogen-bond donors (Lipinski definition) is 2. The second-order valence-corrected chi connectivity index (χ2v) is 6.79. The summed E-state index contributed by atoms with van der Waals surface area (Å²) in [6, 6.07) is 6.93. The van der Waals surface area contributed by atoms with Crippen LogP contribution in [0.1, 0.15) is 17.6 Å². The highest BCUT2D eigenvalue weighted by Crippen LogP contribution is 2.17. The average molecular weight is 391 g/mol. The van der Waals surface area contributed by atoms with Gasteiger partial charge in [-0.3, -0.25) is 4.68 Å². The number of hydrogen-bond acceptors (Lipinski definition) is 4. The van der Waals surface area contributed by atoms with Crippen molar-refractivity contribution < 1.29 is 9.53 Å². The number of methoxy groups -OCH3 is 1. The molecule has 1 unspecified atom stereocenters. The Labute approximate surface area is 162 Å². The molecule has 0 spiro atoms. The number of H-pyrrole nitrogens is 1. The molecule has 2 amide bonds. The number of carbonyl (C=O) groups excluding carboxylic acids is 1. The highest BCUT2D eigenvalue weighted by molar-refractivity contribution is 6.31. The van der Waals surface area contributed by atoms with E-state index >= 15 is 0 Å². The maximum absolute atomic E-state index is 12.6. The maximum atomic E-state index is 12.6. The molecule has 144 valence electrons. The molecule has 0 aliphatic heterocycles. The Morgan fingerprint density at radius 1 is 1.44 bits per heavy atom. The Balaban J connectivity index is 1.59. The first-order valence-electron chi connectivity index (χ1n) is 8.60. The third-order valence-corrected chi connectivity index (χ3v) is 4.61. The number of nitrogens with zero attached hydrogens (tertiary/aromatic N) is 4. The fourth-order valence-corrected chi connectivity index (χ4v) is 3.05. The summed E-state index contributed by atoms with van der Waals surface area (Å²) in [6.07, 6.45) is 2.30. The van der Waals surface area contributed by atoms with Gasteiger partial charge in [0, 0.05) is 45.4 Å². The topological polar surface area (TPSA) is 88.1 Å². The van der Waals surface area contributed by atoms with E-state index in [0.717, 1.165) is 22.6 Å². The van der Waals surface area contributed by atoms with Crippen LogP contribution in [-0.4, -0.2) is 58.0 Å². The van der Waals surface area contributed by atoms with Crippen LogP contribution >= 0.6 is 11.6 Å². The van der Waals surface area contributed by atoms with Gasteiger partial charge in [0.25, 0.3) is 0 Å². The smallest absolute Gasteiger partial charge is 0.317 e. The van der Waals surface area contributed by atoms with Crippen molar-refractivity contribution in [3.63, 3.8) is 0 Å². The summed E-state index contributed by atoms with van der Waals surface area (Å²) in [5.74, 6) is 0.812. The Morgan fingerprint density at radius 3 is 2.96 bits per heavy atom. The van der Waals surface area contributed by atoms with Crippen LogP contribution in [0.5, 0.6) is 0 Å². The summed E-state index contributed by atoms with van der Waals surface area (Å²) in [5.41, 5.74) is 2.63. The number of urea groups is 1. The lowest BCUT2D eigenvalue weighted by Gasteiger charge is -2.23. The van der Waals surface area contributed by atoms with Crippen molar-refractivity contribution in [2.75, 3.05) is 27.3 Å². The second-order valence-electron chi connectivity index (χ2n) is 6.35. The van der Waals surface area contributed by atoms with Crippen LogP contribution in [0, 0.1) is 0 Å². The minimum atomic E-state index is -0.272. The molecule has 0 saturated carbocycles. The normalized spacial score (nSPS) is 12.3. The van der Waals surface area contributed by atoms with Crippen molar-refractivity contribution in [1.29, 1.82) is 0 Å². The van der Waals surface area contributed by atoms with Crippen LogP contribution in [0.2, 0.25) is 5.02 Å². The summed E-state index contributed by atoms with van der Waals surface area (Å²) in [4.78, 5) is 21.9. The van der Waals surface area contributed by atoms with Gasteiger partial charge in [0.05, 0.1) is 29.4 Å². The minimum Gasteiger partial charge on any atom is -0.382 e. The van der Waals surface area contributed by atoms with Crippen LogP contribution in [0.3, 0.4) is 0 Å². The number of likely N-dealkylation sites (N-methyl/N-ethyl adjacent to an activating group) is 1. The largest absolute Gasteiger partial charge is 0.382 e. The van der Waals surface area contributed by atoms with E-state index in [1.54, 1.807) is 29.9 Å². The van der Waals surface area contributed by atoms with E-state index in [1.807, 2.05) is 31.3 Å². The maximum Gasteiger partial charge on any atom is 0.317 e. The van der Waals surface area contributed by atoms with Gasteiger partial charge in [-0.1, -0.05) is 11.6 Å². The Hall–Kier alpha value is -2.58. The molecule has 1 atom stereocenters. The molecule has 0 aliphatic rings. The molecule has 0 fully saturated rings. The number of rotatable bonds is 7. The molecular weight excluding hydrogens is 368 g/mol. The number of ether oxygens (including phenoxy) is 1. The average Bonchev–Trinajstić information content (AvgIpc) is 3.24. The molecule has 1 aromatic carbocycles. The van der Waals surface area contributed by atoms with E-state index in [1.165, 1.54) is 0 Å². The lowest BCUT2D eigenvalue weighted by atomic mass is 10.2. The van der Waals surface area contributed by atoms with Crippen LogP contribution in [0.25, 0.3) is 11.0 Å². The van der Waals surface area contributed by atoms with Crippen molar-refractivity contribution in [2.45, 2.75) is 12.5 Å². The van der Waals surface area contributed by atoms with Gasteiger partial charge in [-0.15, -0.1) is 0 Å². The van der Waals surface area contributed by atoms with Gasteiger partial charge in [0.2, 0.25) is 0 Å². The quantitative estimate of drug-likeness (QED) is 0.648. The SMILES string of the molecule is COCC(NC(=O)N(C)CCc1nc2ccc(Cl)cc2[nH]1)c1ccnn1C. The highest BCUT2D eigenvalue weighted by Gasteiger charge is 2.20. The second kappa shape index (κ2) is 8.41. The summed E-state index contributed by atoms with van der Waals surface area (Å²) < 4.78 is 6.96. The predicted molar refractivity (Wildman–Crippen MR) is 104 cm³/mol. The summed E-state index contributed by atoms with van der Waals surface area (Å²) in [6.45, 7) is 0.883. The van der Waals surface area contributed by atoms with E-state index in [2.05, 4.69) is 20.4 Å². The number of carbonyl (C=O) groups is 1. The Kier molecular flexibility index (Phi) is 5.98. The van der Waals surface area contributed by atoms with E-state index in [9.17, 15) is 4.79 Å². The van der Waals surface area contributed by atoms with Gasteiger partial charge in [0.15, 0.2) is 0 Å². The Bertz CT molecular complexity index is 922. The van der Waals surface area contributed by atoms with Crippen molar-refractivity contribution in [2.24, 2.45) is 7.05 Å². The number of halogens is 1. The van der Waals surface area contributed by atoms with Gasteiger partial charge in [-0.05, 0) is 24.3 Å². The predicted octanol–water partition coefficient (Wildman–Crippen LogP) is 2.52. The lowest BCUT2D eigenvalue weighted by Crippen LogP contribution is -2.42. The van der Waals surface area contributed by atoms with Crippen molar-refractivity contribution >= 4 is 28.7 Å². The van der Waals surface area contributed by atoms with Crippen LogP contribution < -0.4 is 5.32 Å². The molecule has 2 heterocycles. The molecule has 0 bridgehead atoms. The lowest BCUT2D eigenvalue weighted by molar-refractivity contribution is 0.155. The number of amides is 2. The van der Waals surface area contributed by atoms with Gasteiger partial charge in [-0.25, -0.2) is 9.78 Å². The summed E-state index contributed by atoms with van der Waals surface area (Å²) in [5, 5.41) is 7.79. The molecule has 27 heavy (non-hydrogen) atoms. The van der Waals surface area contributed by atoms with Crippen molar-refractivity contribution in [1.82, 2.24) is 30.0 Å². The van der Waals surface area contributed by atoms with Gasteiger partial charge in [-0.2, -0.15) is 5.10 Å². The van der Waals surface area contributed by atoms with E-state index in [0.29, 0.717) is 24.6 Å². The first kappa shape index (κ1) is 19.2. The molecule has 3 aromatic rings. The number of aromatic nitrogens is 4. The van der Waals surface area contributed by atoms with Crippen LogP contribution in [0.15, 0.2) is 30.5 Å². The number of nitrogens with one attached hydrogen (secondary N) is 2. The van der Waals surface area contributed by atoms with Crippen LogP contribution in [0.4, 0.5) is 4.79 Å². The van der Waals surface area contributed by atoms with E-state index in [-0.39, 0.29) is 12.1 Å². The molecular formula is C18H23ClN6O2.